The predicted molar refractivity (Wildman–Crippen MR) is 96.5 cm³/mol. The van der Waals surface area contributed by atoms with Crippen molar-refractivity contribution in [2.24, 2.45) is 0 Å². The van der Waals surface area contributed by atoms with Gasteiger partial charge in [-0.3, -0.25) is 9.69 Å². The van der Waals surface area contributed by atoms with Crippen molar-refractivity contribution >= 4 is 5.91 Å². The highest BCUT2D eigenvalue weighted by Gasteiger charge is 2.28. The van der Waals surface area contributed by atoms with E-state index in [0.717, 1.165) is 36.7 Å². The molecule has 1 saturated heterocycles. The van der Waals surface area contributed by atoms with Gasteiger partial charge in [0.15, 0.2) is 0 Å². The summed E-state index contributed by atoms with van der Waals surface area (Å²) in [7, 11) is 3.50. The number of likely N-dealkylation sites (N-methyl/N-ethyl adjacent to an activating group) is 1. The highest BCUT2D eigenvalue weighted by Crippen LogP contribution is 2.32. The number of furan rings is 1. The molecule has 1 unspecified atom stereocenters. The summed E-state index contributed by atoms with van der Waals surface area (Å²) in [5, 5.41) is 0. The van der Waals surface area contributed by atoms with Crippen molar-refractivity contribution in [2.45, 2.75) is 32.4 Å². The van der Waals surface area contributed by atoms with Gasteiger partial charge >= 0.3 is 0 Å². The molecule has 0 radical (unpaired) electrons. The van der Waals surface area contributed by atoms with Crippen molar-refractivity contribution in [3.63, 3.8) is 0 Å². The number of benzene rings is 1. The van der Waals surface area contributed by atoms with Crippen LogP contribution < -0.4 is 4.74 Å². The van der Waals surface area contributed by atoms with E-state index in [-0.39, 0.29) is 5.91 Å². The van der Waals surface area contributed by atoms with Crippen molar-refractivity contribution in [2.75, 3.05) is 27.2 Å². The largest absolute Gasteiger partial charge is 0.497 e. The van der Waals surface area contributed by atoms with Gasteiger partial charge in [-0.2, -0.15) is 0 Å². The lowest BCUT2D eigenvalue weighted by molar-refractivity contribution is -0.132. The molecule has 1 fully saturated rings. The Labute approximate surface area is 149 Å². The predicted octanol–water partition coefficient (Wildman–Crippen LogP) is 3.39. The van der Waals surface area contributed by atoms with E-state index >= 15 is 0 Å². The van der Waals surface area contributed by atoms with Crippen LogP contribution in [-0.2, 0) is 11.3 Å². The average Bonchev–Trinajstić information content (AvgIpc) is 3.24. The zero-order chi connectivity index (χ0) is 17.8. The molecule has 0 aliphatic carbocycles. The van der Waals surface area contributed by atoms with Gasteiger partial charge < -0.3 is 14.1 Å². The summed E-state index contributed by atoms with van der Waals surface area (Å²) in [6, 6.07) is 12.3. The molecule has 0 bridgehead atoms. The Morgan fingerprint density at radius 3 is 2.68 bits per heavy atom. The Morgan fingerprint density at radius 2 is 2.04 bits per heavy atom. The fourth-order valence-electron chi connectivity index (χ4n) is 3.41. The first-order chi connectivity index (χ1) is 12.1. The van der Waals surface area contributed by atoms with Crippen molar-refractivity contribution in [3.8, 4) is 5.75 Å². The lowest BCUT2D eigenvalue weighted by atomic mass is 10.0. The molecule has 1 atom stereocenters. The number of likely N-dealkylation sites (tertiary alicyclic amines) is 1. The molecule has 1 amide bonds. The number of methoxy groups -OCH3 is 1. The molecule has 134 valence electrons. The van der Waals surface area contributed by atoms with Crippen LogP contribution in [0.15, 0.2) is 40.8 Å². The average molecular weight is 342 g/mol. The first-order valence-electron chi connectivity index (χ1n) is 8.74. The summed E-state index contributed by atoms with van der Waals surface area (Å²) in [4.78, 5) is 16.6. The van der Waals surface area contributed by atoms with Crippen LogP contribution >= 0.6 is 0 Å². The van der Waals surface area contributed by atoms with Gasteiger partial charge in [0.1, 0.15) is 17.3 Å². The van der Waals surface area contributed by atoms with Crippen LogP contribution in [0.4, 0.5) is 0 Å². The first kappa shape index (κ1) is 17.5. The summed E-state index contributed by atoms with van der Waals surface area (Å²) in [5.41, 5.74) is 1.25. The molecule has 0 N–H and O–H groups in total. The molecule has 1 aliphatic rings. The zero-order valence-corrected chi connectivity index (χ0v) is 15.2. The van der Waals surface area contributed by atoms with E-state index in [1.165, 1.54) is 5.56 Å². The SMILES string of the molecule is COc1ccc(C2CCCN2CC(=O)N(C)Cc2ccc(C)o2)cc1. The van der Waals surface area contributed by atoms with E-state index in [4.69, 9.17) is 9.15 Å². The maximum atomic E-state index is 12.6. The van der Waals surface area contributed by atoms with Crippen LogP contribution in [0.1, 0.15) is 36.0 Å². The number of hydrogen-bond donors (Lipinski definition) is 0. The Morgan fingerprint density at radius 1 is 1.28 bits per heavy atom. The monoisotopic (exact) mass is 342 g/mol. The summed E-state index contributed by atoms with van der Waals surface area (Å²) < 4.78 is 10.8. The third-order valence-corrected chi connectivity index (χ3v) is 4.82. The number of carbonyl (C=O) groups excluding carboxylic acids is 1. The second kappa shape index (κ2) is 7.74. The van der Waals surface area contributed by atoms with Crippen LogP contribution in [-0.4, -0.2) is 43.0 Å². The van der Waals surface area contributed by atoms with E-state index in [1.54, 1.807) is 12.0 Å². The number of nitrogens with zero attached hydrogens (tertiary/aromatic N) is 2. The van der Waals surface area contributed by atoms with E-state index in [9.17, 15) is 4.79 Å². The highest BCUT2D eigenvalue weighted by molar-refractivity contribution is 5.78. The smallest absolute Gasteiger partial charge is 0.236 e. The number of carbonyl (C=O) groups is 1. The number of amides is 1. The van der Waals surface area contributed by atoms with Gasteiger partial charge in [-0.25, -0.2) is 0 Å². The van der Waals surface area contributed by atoms with Crippen LogP contribution in [0, 0.1) is 6.92 Å². The van der Waals surface area contributed by atoms with Gasteiger partial charge in [-0.05, 0) is 56.1 Å². The van der Waals surface area contributed by atoms with Gasteiger partial charge in [-0.1, -0.05) is 12.1 Å². The van der Waals surface area contributed by atoms with E-state index in [1.807, 2.05) is 38.2 Å². The maximum Gasteiger partial charge on any atom is 0.236 e. The molecule has 1 aromatic heterocycles. The Balaban J connectivity index is 1.60. The van der Waals surface area contributed by atoms with Crippen LogP contribution in [0.25, 0.3) is 0 Å². The minimum Gasteiger partial charge on any atom is -0.497 e. The summed E-state index contributed by atoms with van der Waals surface area (Å²) in [5.74, 6) is 2.67. The van der Waals surface area contributed by atoms with E-state index in [2.05, 4.69) is 17.0 Å². The van der Waals surface area contributed by atoms with E-state index in [0.29, 0.717) is 19.1 Å². The minimum absolute atomic E-state index is 0.120. The highest BCUT2D eigenvalue weighted by atomic mass is 16.5. The third-order valence-electron chi connectivity index (χ3n) is 4.82. The summed E-state index contributed by atoms with van der Waals surface area (Å²) in [6.45, 7) is 3.81. The zero-order valence-electron chi connectivity index (χ0n) is 15.2. The molecule has 25 heavy (non-hydrogen) atoms. The van der Waals surface area contributed by atoms with Crippen molar-refractivity contribution in [3.05, 3.63) is 53.5 Å². The number of aryl methyl sites for hydroxylation is 1. The summed E-state index contributed by atoms with van der Waals surface area (Å²) in [6.07, 6.45) is 2.20. The molecule has 3 rings (SSSR count). The van der Waals surface area contributed by atoms with Crippen molar-refractivity contribution in [1.82, 2.24) is 9.80 Å². The minimum atomic E-state index is 0.120. The molecule has 5 heteroatoms. The molecule has 2 heterocycles. The van der Waals surface area contributed by atoms with Crippen molar-refractivity contribution in [1.29, 1.82) is 0 Å². The lowest BCUT2D eigenvalue weighted by Gasteiger charge is -2.26. The van der Waals surface area contributed by atoms with Gasteiger partial charge in [0, 0.05) is 13.1 Å². The molecule has 0 spiro atoms. The fraction of sp³-hybridized carbons (Fsp3) is 0.450. The third kappa shape index (κ3) is 4.23. The Kier molecular flexibility index (Phi) is 5.43. The normalized spacial score (nSPS) is 17.6. The number of hydrogen-bond acceptors (Lipinski definition) is 4. The Bertz CT molecular complexity index is 708. The van der Waals surface area contributed by atoms with Crippen LogP contribution in [0.2, 0.25) is 0 Å². The quantitative estimate of drug-likeness (QED) is 0.807. The Hall–Kier alpha value is -2.27. The second-order valence-electron chi connectivity index (χ2n) is 6.66. The molecular formula is C20H26N2O3. The van der Waals surface area contributed by atoms with Crippen molar-refractivity contribution < 1.29 is 13.9 Å². The molecule has 2 aromatic rings. The molecule has 0 saturated carbocycles. The topological polar surface area (TPSA) is 45.9 Å². The lowest BCUT2D eigenvalue weighted by Crippen LogP contribution is -2.37. The number of rotatable bonds is 6. The molecule has 5 nitrogen and oxygen atoms in total. The van der Waals surface area contributed by atoms with Gasteiger partial charge in [-0.15, -0.1) is 0 Å². The standard InChI is InChI=1S/C20H26N2O3/c1-15-6-9-18(25-15)13-21(2)20(23)14-22-12-4-5-19(22)16-7-10-17(24-3)11-8-16/h6-11,19H,4-5,12-14H2,1-3H3. The summed E-state index contributed by atoms with van der Waals surface area (Å²) >= 11 is 0. The first-order valence-corrected chi connectivity index (χ1v) is 8.74. The maximum absolute atomic E-state index is 12.6. The molecule has 1 aliphatic heterocycles. The second-order valence-corrected chi connectivity index (χ2v) is 6.66. The van der Waals surface area contributed by atoms with Crippen LogP contribution in [0.3, 0.4) is 0 Å². The van der Waals surface area contributed by atoms with Gasteiger partial charge in [0.2, 0.25) is 5.91 Å². The molecule has 1 aromatic carbocycles. The van der Waals surface area contributed by atoms with Gasteiger partial charge in [0.25, 0.3) is 0 Å². The number of ether oxygens (including phenoxy) is 1. The van der Waals surface area contributed by atoms with Crippen LogP contribution in [0.5, 0.6) is 5.75 Å². The molecular weight excluding hydrogens is 316 g/mol. The van der Waals surface area contributed by atoms with E-state index < -0.39 is 0 Å². The van der Waals surface area contributed by atoms with Gasteiger partial charge in [0.05, 0.1) is 20.2 Å². The fourth-order valence-corrected chi connectivity index (χ4v) is 3.41.